The predicted octanol–water partition coefficient (Wildman–Crippen LogP) is -6.08. The molecule has 2 atom stereocenters. The van der Waals surface area contributed by atoms with E-state index in [0.717, 1.165) is 0 Å². The summed E-state index contributed by atoms with van der Waals surface area (Å²) in [5.41, 5.74) is 0. The smallest absolute Gasteiger partial charge is 0.547 e. The van der Waals surface area contributed by atoms with Gasteiger partial charge in [0.15, 0.2) is 6.10 Å². The van der Waals surface area contributed by atoms with Crippen LogP contribution in [0.1, 0.15) is 0 Å². The first-order valence-electron chi connectivity index (χ1n) is 2.26. The van der Waals surface area contributed by atoms with E-state index in [4.69, 9.17) is 15.3 Å². The zero-order valence-corrected chi connectivity index (χ0v) is 8.72. The number of aliphatic hydroxyl groups excluding tert-OH is 2. The Morgan fingerprint density at radius 3 is 1.58 bits per heavy atom. The van der Waals surface area contributed by atoms with E-state index in [9.17, 15) is 14.7 Å². The zero-order chi connectivity index (χ0) is 8.31. The maximum atomic E-state index is 9.74. The maximum absolute atomic E-state index is 9.74. The summed E-state index contributed by atoms with van der Waals surface area (Å²) in [6.45, 7) is 0. The summed E-state index contributed by atoms with van der Waals surface area (Å²) in [6, 6.07) is 0. The van der Waals surface area contributed by atoms with Gasteiger partial charge in [0, 0.05) is 0 Å². The molecule has 0 saturated carbocycles. The van der Waals surface area contributed by atoms with Gasteiger partial charge in [-0.15, -0.1) is 0 Å². The standard InChI is InChI=1S/C4H6O6.H3N.Na/c5-1(3(7)8)2(6)4(9)10;;/h1-2,5-6H,(H,7,8)(H,9,10);1H3;/q;;+1/t1-,2-;;/m0../s1. The molecule has 0 bridgehead atoms. The van der Waals surface area contributed by atoms with Crippen LogP contribution in [0, 0.1) is 0 Å². The zero-order valence-electron chi connectivity index (χ0n) is 6.72. The molecule has 8 heteroatoms. The van der Waals surface area contributed by atoms with Gasteiger partial charge < -0.3 is 31.4 Å². The van der Waals surface area contributed by atoms with Gasteiger partial charge in [0.1, 0.15) is 6.10 Å². The fraction of sp³-hybridized carbons (Fsp3) is 0.500. The minimum Gasteiger partial charge on any atom is -0.547 e. The average Bonchev–Trinajstić information content (AvgIpc) is 1.84. The molecule has 0 amide bonds. The van der Waals surface area contributed by atoms with Crippen LogP contribution in [-0.4, -0.2) is 39.5 Å². The van der Waals surface area contributed by atoms with Crippen LogP contribution in [0.2, 0.25) is 0 Å². The molecule has 0 aliphatic carbocycles. The molecule has 0 spiro atoms. The Kier molecular flexibility index (Phi) is 11.1. The number of aliphatic carboxylic acids is 2. The molecule has 0 aliphatic rings. The largest absolute Gasteiger partial charge is 1.00 e. The summed E-state index contributed by atoms with van der Waals surface area (Å²) in [7, 11) is 0. The van der Waals surface area contributed by atoms with Crippen molar-refractivity contribution in [1.29, 1.82) is 0 Å². The second kappa shape index (κ2) is 7.47. The van der Waals surface area contributed by atoms with Crippen molar-refractivity contribution < 1.29 is 59.6 Å². The van der Waals surface area contributed by atoms with Gasteiger partial charge in [-0.3, -0.25) is 0 Å². The molecule has 66 valence electrons. The number of hydrogen-bond donors (Lipinski definition) is 4. The third-order valence-corrected chi connectivity index (χ3v) is 0.794. The molecular weight excluding hydrogens is 181 g/mol. The van der Waals surface area contributed by atoms with Crippen LogP contribution in [0.4, 0.5) is 0 Å². The molecule has 0 aromatic heterocycles. The summed E-state index contributed by atoms with van der Waals surface area (Å²) in [4.78, 5) is 19.4. The van der Waals surface area contributed by atoms with Crippen molar-refractivity contribution in [1.82, 2.24) is 6.15 Å². The van der Waals surface area contributed by atoms with Crippen LogP contribution in [0.3, 0.4) is 0 Å². The molecule has 7 nitrogen and oxygen atoms in total. The van der Waals surface area contributed by atoms with Crippen molar-refractivity contribution in [2.75, 3.05) is 0 Å². The van der Waals surface area contributed by atoms with Crippen molar-refractivity contribution >= 4 is 11.9 Å². The van der Waals surface area contributed by atoms with E-state index in [2.05, 4.69) is 0 Å². The van der Waals surface area contributed by atoms with Crippen LogP contribution in [0.5, 0.6) is 0 Å². The maximum Gasteiger partial charge on any atom is 1.00 e. The van der Waals surface area contributed by atoms with Crippen LogP contribution >= 0.6 is 0 Å². The molecule has 0 fully saturated rings. The Labute approximate surface area is 89.9 Å². The van der Waals surface area contributed by atoms with Crippen molar-refractivity contribution in [3.05, 3.63) is 0 Å². The third kappa shape index (κ3) is 5.47. The first-order valence-corrected chi connectivity index (χ1v) is 2.26. The molecule has 0 unspecified atom stereocenters. The predicted molar refractivity (Wildman–Crippen MR) is 30.6 cm³/mol. The molecule has 0 radical (unpaired) electrons. The molecule has 7 N–H and O–H groups in total. The Morgan fingerprint density at radius 2 is 1.50 bits per heavy atom. The van der Waals surface area contributed by atoms with E-state index in [1.54, 1.807) is 0 Å². The quantitative estimate of drug-likeness (QED) is 0.324. The van der Waals surface area contributed by atoms with Crippen molar-refractivity contribution in [2.24, 2.45) is 0 Å². The van der Waals surface area contributed by atoms with Gasteiger partial charge in [-0.25, -0.2) is 4.79 Å². The summed E-state index contributed by atoms with van der Waals surface area (Å²) in [5, 5.41) is 34.1. The van der Waals surface area contributed by atoms with Crippen molar-refractivity contribution in [3.63, 3.8) is 0 Å². The van der Waals surface area contributed by atoms with Gasteiger partial charge in [-0.1, -0.05) is 0 Å². The van der Waals surface area contributed by atoms with E-state index >= 15 is 0 Å². The average molecular weight is 190 g/mol. The topological polar surface area (TPSA) is 154 Å². The summed E-state index contributed by atoms with van der Waals surface area (Å²) in [5.74, 6) is -3.83. The minimum atomic E-state index is -2.38. The number of carbonyl (C=O) groups excluding carboxylic acids is 1. The molecule has 0 aromatic rings. The number of carbonyl (C=O) groups is 2. The fourth-order valence-corrected chi connectivity index (χ4v) is 0.264. The van der Waals surface area contributed by atoms with Crippen LogP contribution in [-0.2, 0) is 9.59 Å². The summed E-state index contributed by atoms with van der Waals surface area (Å²) in [6.07, 6.45) is -4.71. The third-order valence-electron chi connectivity index (χ3n) is 0.794. The van der Waals surface area contributed by atoms with E-state index < -0.39 is 24.1 Å². The Hall–Kier alpha value is -0.180. The van der Waals surface area contributed by atoms with Crippen LogP contribution < -0.4 is 40.8 Å². The normalized spacial score (nSPS) is 13.2. The van der Waals surface area contributed by atoms with Gasteiger partial charge in [0.25, 0.3) is 0 Å². The second-order valence-corrected chi connectivity index (χ2v) is 1.55. The van der Waals surface area contributed by atoms with Crippen LogP contribution in [0.25, 0.3) is 0 Å². The summed E-state index contributed by atoms with van der Waals surface area (Å²) < 4.78 is 0. The van der Waals surface area contributed by atoms with E-state index in [0.29, 0.717) is 0 Å². The van der Waals surface area contributed by atoms with Gasteiger partial charge in [-0.05, 0) is 0 Å². The molecule has 0 rings (SSSR count). The number of carboxylic acid groups (broad SMARTS) is 2. The molecule has 0 aromatic carbocycles. The van der Waals surface area contributed by atoms with Crippen molar-refractivity contribution in [3.8, 4) is 0 Å². The number of hydrogen-bond acceptors (Lipinski definition) is 5. The summed E-state index contributed by atoms with van der Waals surface area (Å²) >= 11 is 0. The van der Waals surface area contributed by atoms with E-state index in [-0.39, 0.29) is 35.7 Å². The number of rotatable bonds is 3. The van der Waals surface area contributed by atoms with Gasteiger partial charge in [0.2, 0.25) is 0 Å². The number of quaternary nitrogens is 1. The Balaban J connectivity index is -0.000000405. The SMILES string of the molecule is O=C([O-])[C@@H](O)[C@H](O)C(=O)O.[NH4+].[Na+]. The van der Waals surface area contributed by atoms with Gasteiger partial charge >= 0.3 is 35.5 Å². The minimum absolute atomic E-state index is 0. The Morgan fingerprint density at radius 1 is 1.17 bits per heavy atom. The number of aliphatic hydroxyl groups is 2. The Bertz CT molecular complexity index is 144. The molecule has 12 heavy (non-hydrogen) atoms. The van der Waals surface area contributed by atoms with Crippen LogP contribution in [0.15, 0.2) is 0 Å². The first kappa shape index (κ1) is 17.8. The fourth-order valence-electron chi connectivity index (χ4n) is 0.264. The molecule has 0 heterocycles. The van der Waals surface area contributed by atoms with E-state index in [1.807, 2.05) is 0 Å². The number of carboxylic acids is 2. The monoisotopic (exact) mass is 190 g/mol. The second-order valence-electron chi connectivity index (χ2n) is 1.55. The van der Waals surface area contributed by atoms with Crippen molar-refractivity contribution in [2.45, 2.75) is 12.2 Å². The van der Waals surface area contributed by atoms with Gasteiger partial charge in [0.05, 0.1) is 5.97 Å². The first-order chi connectivity index (χ1) is 4.46. The van der Waals surface area contributed by atoms with Gasteiger partial charge in [-0.2, -0.15) is 0 Å². The molecular formula is C4H9NNaO6+. The molecule has 0 aliphatic heterocycles. The molecule has 0 saturated heterocycles. The van der Waals surface area contributed by atoms with E-state index in [1.165, 1.54) is 0 Å².